The smallest absolute Gasteiger partial charge is 0.370 e. The highest BCUT2D eigenvalue weighted by Gasteiger charge is 2.63. The number of nitrogens with zero attached hydrogens (tertiary/aromatic N) is 1. The standard InChI is InChI=1S/C12H15NO11S/c14-5-8-9(15)10(16)11(17)12(24-8,25(20,21)22)23-7-3-1-6(2-4-7)13(18)19/h1-4,8-11,14-17H,5H2,(H,20,21,22)/t8-,9+,10+,11-,12+/m1/s1. The fourth-order valence-electron chi connectivity index (χ4n) is 2.26. The van der Waals surface area contributed by atoms with Crippen LogP contribution in [0.1, 0.15) is 0 Å². The van der Waals surface area contributed by atoms with Crippen molar-refractivity contribution in [1.29, 1.82) is 0 Å². The van der Waals surface area contributed by atoms with Crippen molar-refractivity contribution in [1.82, 2.24) is 0 Å². The Labute approximate surface area is 140 Å². The molecule has 1 heterocycles. The summed E-state index contributed by atoms with van der Waals surface area (Å²) in [6.07, 6.45) is -8.19. The summed E-state index contributed by atoms with van der Waals surface area (Å²) in [5.41, 5.74) is -0.345. The van der Waals surface area contributed by atoms with E-state index in [9.17, 15) is 38.4 Å². The maximum absolute atomic E-state index is 11.8. The van der Waals surface area contributed by atoms with E-state index in [0.29, 0.717) is 0 Å². The van der Waals surface area contributed by atoms with Gasteiger partial charge in [-0.2, -0.15) is 8.42 Å². The molecular formula is C12H15NO11S. The molecule has 13 heteroatoms. The number of hydrogen-bond donors (Lipinski definition) is 5. The zero-order valence-corrected chi connectivity index (χ0v) is 13.2. The van der Waals surface area contributed by atoms with Crippen molar-refractivity contribution in [2.45, 2.75) is 29.5 Å². The Bertz CT molecular complexity index is 734. The molecule has 5 atom stereocenters. The molecule has 0 unspecified atom stereocenters. The highest BCUT2D eigenvalue weighted by atomic mass is 32.2. The maximum atomic E-state index is 11.8. The van der Waals surface area contributed by atoms with E-state index < -0.39 is 51.2 Å². The van der Waals surface area contributed by atoms with Gasteiger partial charge in [0.05, 0.1) is 11.5 Å². The van der Waals surface area contributed by atoms with Crippen LogP contribution in [0.5, 0.6) is 5.75 Å². The lowest BCUT2D eigenvalue weighted by Gasteiger charge is -2.45. The molecule has 0 bridgehead atoms. The van der Waals surface area contributed by atoms with E-state index in [0.717, 1.165) is 24.3 Å². The number of non-ortho nitro benzene ring substituents is 1. The van der Waals surface area contributed by atoms with Gasteiger partial charge in [0, 0.05) is 12.1 Å². The Hall–Kier alpha value is -1.87. The first kappa shape index (κ1) is 19.5. The van der Waals surface area contributed by atoms with Crippen LogP contribution >= 0.6 is 0 Å². The lowest BCUT2D eigenvalue weighted by Crippen LogP contribution is -2.70. The van der Waals surface area contributed by atoms with Crippen molar-refractivity contribution in [2.75, 3.05) is 6.61 Å². The van der Waals surface area contributed by atoms with Crippen molar-refractivity contribution in [3.05, 3.63) is 34.4 Å². The van der Waals surface area contributed by atoms with E-state index in [1.54, 1.807) is 0 Å². The zero-order chi connectivity index (χ0) is 19.0. The summed E-state index contributed by atoms with van der Waals surface area (Å²) in [5.74, 6) is -0.373. The Kier molecular flexibility index (Phi) is 5.29. The van der Waals surface area contributed by atoms with Gasteiger partial charge in [0.2, 0.25) is 0 Å². The highest BCUT2D eigenvalue weighted by molar-refractivity contribution is 7.87. The molecule has 1 aromatic carbocycles. The quantitative estimate of drug-likeness (QED) is 0.214. The topological polar surface area (TPSA) is 197 Å². The summed E-state index contributed by atoms with van der Waals surface area (Å²) >= 11 is 0. The summed E-state index contributed by atoms with van der Waals surface area (Å²) < 4.78 is 42.9. The Morgan fingerprint density at radius 1 is 1.20 bits per heavy atom. The van der Waals surface area contributed by atoms with Crippen LogP contribution in [0.3, 0.4) is 0 Å². The van der Waals surface area contributed by atoms with Gasteiger partial charge in [-0.25, -0.2) is 0 Å². The van der Waals surface area contributed by atoms with Crippen LogP contribution in [0, 0.1) is 10.1 Å². The van der Waals surface area contributed by atoms with Crippen LogP contribution < -0.4 is 4.74 Å². The van der Waals surface area contributed by atoms with Crippen molar-refractivity contribution in [3.63, 3.8) is 0 Å². The van der Waals surface area contributed by atoms with E-state index in [1.165, 1.54) is 0 Å². The van der Waals surface area contributed by atoms with Crippen LogP contribution in [-0.4, -0.2) is 74.5 Å². The largest absolute Gasteiger partial charge is 0.445 e. The predicted molar refractivity (Wildman–Crippen MR) is 78.0 cm³/mol. The summed E-state index contributed by atoms with van der Waals surface area (Å²) in [4.78, 5) is 9.89. The van der Waals surface area contributed by atoms with Gasteiger partial charge in [-0.1, -0.05) is 0 Å². The third kappa shape index (κ3) is 3.43. The molecule has 1 saturated heterocycles. The molecular weight excluding hydrogens is 366 g/mol. The Morgan fingerprint density at radius 2 is 1.76 bits per heavy atom. The number of hydrogen-bond acceptors (Lipinski definition) is 10. The van der Waals surface area contributed by atoms with Gasteiger partial charge < -0.3 is 29.9 Å². The molecule has 0 aliphatic carbocycles. The number of rotatable bonds is 5. The molecule has 0 amide bonds. The minimum Gasteiger partial charge on any atom is -0.445 e. The van der Waals surface area contributed by atoms with Crippen LogP contribution in [-0.2, 0) is 14.9 Å². The van der Waals surface area contributed by atoms with Crippen LogP contribution in [0.15, 0.2) is 24.3 Å². The molecule has 1 aliphatic rings. The predicted octanol–water partition coefficient (Wildman–Crippen LogP) is -2.01. The highest BCUT2D eigenvalue weighted by Crippen LogP contribution is 2.36. The van der Waals surface area contributed by atoms with E-state index >= 15 is 0 Å². The number of benzene rings is 1. The first-order chi connectivity index (χ1) is 11.5. The van der Waals surface area contributed by atoms with Gasteiger partial charge >= 0.3 is 15.2 Å². The number of nitro benzene ring substituents is 1. The lowest BCUT2D eigenvalue weighted by molar-refractivity contribution is -0.384. The molecule has 12 nitrogen and oxygen atoms in total. The summed E-state index contributed by atoms with van der Waals surface area (Å²) in [6, 6.07) is 3.84. The molecule has 0 radical (unpaired) electrons. The summed E-state index contributed by atoms with van der Waals surface area (Å²) in [7, 11) is -5.37. The molecule has 25 heavy (non-hydrogen) atoms. The second-order valence-corrected chi connectivity index (χ2v) is 6.72. The zero-order valence-electron chi connectivity index (χ0n) is 12.4. The molecule has 2 rings (SSSR count). The van der Waals surface area contributed by atoms with E-state index in [1.807, 2.05) is 0 Å². The van der Waals surface area contributed by atoms with Gasteiger partial charge in [-0.05, 0) is 12.1 Å². The Balaban J connectivity index is 2.46. The molecule has 0 spiro atoms. The van der Waals surface area contributed by atoms with Crippen molar-refractivity contribution in [2.24, 2.45) is 0 Å². The number of aliphatic hydroxyl groups is 4. The first-order valence-electron chi connectivity index (χ1n) is 6.77. The summed E-state index contributed by atoms with van der Waals surface area (Å²) in [5, 5.41) is 46.0. The molecule has 0 aromatic heterocycles. The molecule has 5 N–H and O–H groups in total. The van der Waals surface area contributed by atoms with Gasteiger partial charge in [0.1, 0.15) is 24.1 Å². The summed E-state index contributed by atoms with van der Waals surface area (Å²) in [6.45, 7) is -0.966. The fourth-order valence-corrected chi connectivity index (χ4v) is 3.15. The third-order valence-electron chi connectivity index (χ3n) is 3.58. The van der Waals surface area contributed by atoms with Gasteiger partial charge in [0.15, 0.2) is 6.10 Å². The van der Waals surface area contributed by atoms with Gasteiger partial charge in [-0.15, -0.1) is 0 Å². The maximum Gasteiger partial charge on any atom is 0.370 e. The normalized spacial score (nSPS) is 33.0. The van der Waals surface area contributed by atoms with Gasteiger partial charge in [-0.3, -0.25) is 14.7 Å². The fraction of sp³-hybridized carbons (Fsp3) is 0.500. The minimum atomic E-state index is -5.37. The molecule has 1 aromatic rings. The second kappa shape index (κ2) is 6.80. The van der Waals surface area contributed by atoms with E-state index in [4.69, 9.17) is 14.6 Å². The molecule has 140 valence electrons. The molecule has 0 saturated carbocycles. The van der Waals surface area contributed by atoms with Crippen LogP contribution in [0.2, 0.25) is 0 Å². The van der Waals surface area contributed by atoms with Crippen LogP contribution in [0.4, 0.5) is 5.69 Å². The van der Waals surface area contributed by atoms with E-state index in [-0.39, 0.29) is 11.4 Å². The van der Waals surface area contributed by atoms with Crippen molar-refractivity contribution >= 4 is 15.8 Å². The van der Waals surface area contributed by atoms with Gasteiger partial charge in [0.25, 0.3) is 5.69 Å². The SMILES string of the molecule is O=[N+]([O-])c1ccc(O[C@]2(S(=O)(=O)O)O[C@H](CO)[C@H](O)[C@H](O)[C@H]2O)cc1. The third-order valence-corrected chi connectivity index (χ3v) is 4.72. The minimum absolute atomic E-state index is 0.345. The molecule has 1 aliphatic heterocycles. The average molecular weight is 381 g/mol. The lowest BCUT2D eigenvalue weighted by atomic mass is 9.99. The monoisotopic (exact) mass is 381 g/mol. The average Bonchev–Trinajstić information content (AvgIpc) is 2.54. The second-order valence-electron chi connectivity index (χ2n) is 5.20. The number of ether oxygens (including phenoxy) is 2. The first-order valence-corrected chi connectivity index (χ1v) is 8.21. The Morgan fingerprint density at radius 3 is 2.20 bits per heavy atom. The number of aliphatic hydroxyl groups excluding tert-OH is 4. The van der Waals surface area contributed by atoms with Crippen molar-refractivity contribution < 1.29 is 47.8 Å². The van der Waals surface area contributed by atoms with E-state index in [2.05, 4.69) is 0 Å². The van der Waals surface area contributed by atoms with Crippen LogP contribution in [0.25, 0.3) is 0 Å². The van der Waals surface area contributed by atoms with Crippen molar-refractivity contribution in [3.8, 4) is 5.75 Å². The molecule has 1 fully saturated rings. The number of nitro groups is 1.